The summed E-state index contributed by atoms with van der Waals surface area (Å²) in [5.74, 6) is -5.42. The zero-order valence-corrected chi connectivity index (χ0v) is 26.2. The molecule has 0 spiro atoms. The lowest BCUT2D eigenvalue weighted by molar-refractivity contribution is -0.149. The number of aromatic nitrogens is 2. The molecule has 248 valence electrons. The van der Waals surface area contributed by atoms with Crippen LogP contribution in [0.2, 0.25) is 0 Å². The number of alkyl halides is 2. The van der Waals surface area contributed by atoms with Crippen LogP contribution in [0.5, 0.6) is 5.75 Å². The van der Waals surface area contributed by atoms with Crippen LogP contribution < -0.4 is 20.6 Å². The number of carbonyl (C=O) groups excluding carboxylic acids is 2. The third kappa shape index (κ3) is 8.71. The van der Waals surface area contributed by atoms with Crippen molar-refractivity contribution in [2.24, 2.45) is 5.92 Å². The summed E-state index contributed by atoms with van der Waals surface area (Å²) >= 11 is 0. The summed E-state index contributed by atoms with van der Waals surface area (Å²) in [7, 11) is -2.51. The van der Waals surface area contributed by atoms with Gasteiger partial charge >= 0.3 is 25.3 Å². The molecular formula is C28H38F2N5O9P. The average Bonchev–Trinajstić information content (AvgIpc) is 3.20. The van der Waals surface area contributed by atoms with E-state index in [-0.39, 0.29) is 23.4 Å². The third-order valence-electron chi connectivity index (χ3n) is 7.24. The monoisotopic (exact) mass is 657 g/mol. The summed E-state index contributed by atoms with van der Waals surface area (Å²) in [5, 5.41) is 15.4. The largest absolute Gasteiger partial charge is 0.462 e. The van der Waals surface area contributed by atoms with E-state index < -0.39 is 62.5 Å². The molecule has 14 nitrogen and oxygen atoms in total. The highest BCUT2D eigenvalue weighted by molar-refractivity contribution is 7.52. The van der Waals surface area contributed by atoms with E-state index in [1.54, 1.807) is 32.0 Å². The van der Waals surface area contributed by atoms with Gasteiger partial charge in [-0.3, -0.25) is 18.7 Å². The summed E-state index contributed by atoms with van der Waals surface area (Å²) in [5.41, 5.74) is -1.16. The van der Waals surface area contributed by atoms with Gasteiger partial charge in [0.25, 0.3) is 0 Å². The molecule has 1 unspecified atom stereocenters. The fourth-order valence-corrected chi connectivity index (χ4v) is 6.27. The Morgan fingerprint density at radius 1 is 1.18 bits per heavy atom. The number of amides is 1. The molecule has 0 bridgehead atoms. The van der Waals surface area contributed by atoms with Crippen molar-refractivity contribution in [2.45, 2.75) is 70.1 Å². The van der Waals surface area contributed by atoms with E-state index in [4.69, 9.17) is 18.5 Å². The Morgan fingerprint density at radius 2 is 1.84 bits per heavy atom. The number of rotatable bonds is 12. The molecule has 0 radical (unpaired) electrons. The van der Waals surface area contributed by atoms with E-state index in [0.29, 0.717) is 17.4 Å². The molecule has 2 aliphatic rings. The van der Waals surface area contributed by atoms with Crippen molar-refractivity contribution in [1.82, 2.24) is 19.5 Å². The van der Waals surface area contributed by atoms with Gasteiger partial charge in [0.15, 0.2) is 6.10 Å². The first-order valence-electron chi connectivity index (χ1n) is 14.5. The fourth-order valence-electron chi connectivity index (χ4n) is 4.77. The smallest absolute Gasteiger partial charge is 0.459 e. The van der Waals surface area contributed by atoms with Crippen molar-refractivity contribution < 1.29 is 46.6 Å². The Hall–Kier alpha value is -3.27. The van der Waals surface area contributed by atoms with Gasteiger partial charge in [-0.2, -0.15) is 18.9 Å². The normalized spacial score (nSPS) is 24.1. The standard InChI is InChI=1S/C28H38F2N5O9P/c1-17(2)42-25(38)18(3)33-45(40,44-20-8-6-5-7-9-20)41-16-21-23(36)28(29,30)26(43-21)35-15-12-22(32-27(35)39)31-24(37)19-10-13-34(4)14-11-19/h5-9,12,15,17-19,21,23,26,36H,10-11,13-14,16H2,1-4H3,(H,33,40)(H,31,32,37,39)/t18-,21+,23+,26+,45?/m0/s1. The number of para-hydroxylation sites is 1. The highest BCUT2D eigenvalue weighted by Gasteiger charge is 2.60. The zero-order valence-electron chi connectivity index (χ0n) is 25.3. The van der Waals surface area contributed by atoms with Crippen LogP contribution in [0.25, 0.3) is 0 Å². The summed E-state index contributed by atoms with van der Waals surface area (Å²) in [6.45, 7) is 5.18. The lowest BCUT2D eigenvalue weighted by Crippen LogP contribution is -2.42. The zero-order chi connectivity index (χ0) is 32.9. The Bertz CT molecular complexity index is 1440. The number of likely N-dealkylation sites (tertiary alicyclic amines) is 1. The Balaban J connectivity index is 1.46. The third-order valence-corrected chi connectivity index (χ3v) is 8.88. The number of piperidine rings is 1. The van der Waals surface area contributed by atoms with Crippen LogP contribution >= 0.6 is 7.75 Å². The van der Waals surface area contributed by atoms with Crippen molar-refractivity contribution in [2.75, 3.05) is 32.1 Å². The number of hydrogen-bond acceptors (Lipinski definition) is 11. The van der Waals surface area contributed by atoms with Gasteiger partial charge in [0, 0.05) is 12.1 Å². The molecule has 2 aromatic rings. The summed E-state index contributed by atoms with van der Waals surface area (Å²) in [4.78, 5) is 43.5. The molecule has 3 heterocycles. The van der Waals surface area contributed by atoms with E-state index in [0.717, 1.165) is 19.3 Å². The van der Waals surface area contributed by atoms with Crippen LogP contribution in [-0.2, 0) is 28.2 Å². The number of nitrogens with one attached hydrogen (secondary N) is 2. The van der Waals surface area contributed by atoms with Crippen molar-refractivity contribution in [1.29, 1.82) is 0 Å². The Labute approximate surface area is 258 Å². The number of ether oxygens (including phenoxy) is 2. The first-order chi connectivity index (χ1) is 21.2. The van der Waals surface area contributed by atoms with Gasteiger partial charge in [-0.1, -0.05) is 18.2 Å². The van der Waals surface area contributed by atoms with Gasteiger partial charge in [0.1, 0.15) is 23.7 Å². The van der Waals surface area contributed by atoms with E-state index in [2.05, 4.69) is 20.3 Å². The number of aliphatic hydroxyl groups is 1. The molecular weight excluding hydrogens is 619 g/mol. The number of esters is 1. The molecule has 2 aliphatic heterocycles. The molecule has 0 saturated carbocycles. The van der Waals surface area contributed by atoms with E-state index in [1.807, 2.05) is 7.05 Å². The van der Waals surface area contributed by atoms with Gasteiger partial charge in [0.05, 0.1) is 12.7 Å². The van der Waals surface area contributed by atoms with Crippen LogP contribution in [-0.4, -0.2) is 88.5 Å². The fraction of sp³-hybridized carbons (Fsp3) is 0.571. The molecule has 2 saturated heterocycles. The predicted molar refractivity (Wildman–Crippen MR) is 157 cm³/mol. The number of aliphatic hydroxyl groups excluding tert-OH is 1. The number of anilines is 1. The number of hydrogen-bond donors (Lipinski definition) is 3. The van der Waals surface area contributed by atoms with Crippen LogP contribution in [0.3, 0.4) is 0 Å². The Morgan fingerprint density at radius 3 is 2.47 bits per heavy atom. The van der Waals surface area contributed by atoms with Crippen molar-refractivity contribution >= 4 is 25.4 Å². The van der Waals surface area contributed by atoms with E-state index in [9.17, 15) is 24.1 Å². The summed E-state index contributed by atoms with van der Waals surface area (Å²) in [6.07, 6.45) is -4.82. The van der Waals surface area contributed by atoms with Gasteiger partial charge in [-0.05, 0) is 71.9 Å². The maximum Gasteiger partial charge on any atom is 0.459 e. The minimum absolute atomic E-state index is 0.0782. The molecule has 0 aliphatic carbocycles. The second-order valence-corrected chi connectivity index (χ2v) is 12.9. The molecule has 5 atom stereocenters. The highest BCUT2D eigenvalue weighted by atomic mass is 31.2. The molecule has 1 aromatic carbocycles. The van der Waals surface area contributed by atoms with Gasteiger partial charge in [0.2, 0.25) is 12.1 Å². The number of carbonyl (C=O) groups is 2. The molecule has 2 fully saturated rings. The maximum absolute atomic E-state index is 15.2. The first-order valence-corrected chi connectivity index (χ1v) is 16.0. The highest BCUT2D eigenvalue weighted by Crippen LogP contribution is 2.48. The lowest BCUT2D eigenvalue weighted by Gasteiger charge is -2.27. The molecule has 45 heavy (non-hydrogen) atoms. The van der Waals surface area contributed by atoms with Crippen molar-refractivity contribution in [3.63, 3.8) is 0 Å². The molecule has 1 amide bonds. The molecule has 4 rings (SSSR count). The minimum atomic E-state index is -4.46. The van der Waals surface area contributed by atoms with E-state index in [1.165, 1.54) is 25.1 Å². The SMILES string of the molecule is CC(C)OC(=O)[C@H](C)NP(=O)(OC[C@H]1O[C@@H](n2ccc(NC(=O)C3CCN(C)CC3)nc2=O)C(F)(F)[C@@H]1O)Oc1ccccc1. The second kappa shape index (κ2) is 14.4. The predicted octanol–water partition coefficient (Wildman–Crippen LogP) is 2.55. The van der Waals surface area contributed by atoms with Gasteiger partial charge in [-0.25, -0.2) is 9.36 Å². The van der Waals surface area contributed by atoms with Crippen LogP contribution in [0, 0.1) is 5.92 Å². The van der Waals surface area contributed by atoms with Gasteiger partial charge < -0.3 is 29.3 Å². The van der Waals surface area contributed by atoms with Crippen molar-refractivity contribution in [3.8, 4) is 5.75 Å². The summed E-state index contributed by atoms with van der Waals surface area (Å²) in [6, 6.07) is 7.73. The lowest BCUT2D eigenvalue weighted by atomic mass is 9.96. The minimum Gasteiger partial charge on any atom is -0.462 e. The molecule has 3 N–H and O–H groups in total. The molecule has 1 aromatic heterocycles. The number of nitrogens with zero attached hydrogens (tertiary/aromatic N) is 3. The quantitative estimate of drug-likeness (QED) is 0.226. The Kier molecular flexibility index (Phi) is 11.1. The van der Waals surface area contributed by atoms with Crippen LogP contribution in [0.4, 0.5) is 14.6 Å². The maximum atomic E-state index is 15.2. The first kappa shape index (κ1) is 34.6. The van der Waals surface area contributed by atoms with Crippen LogP contribution in [0.15, 0.2) is 47.4 Å². The van der Waals surface area contributed by atoms with Gasteiger partial charge in [-0.15, -0.1) is 0 Å². The van der Waals surface area contributed by atoms with Crippen LogP contribution in [0.1, 0.15) is 39.8 Å². The summed E-state index contributed by atoms with van der Waals surface area (Å²) < 4.78 is 66.0. The molecule has 17 heteroatoms. The second-order valence-electron chi connectivity index (χ2n) is 11.2. The number of benzene rings is 1. The van der Waals surface area contributed by atoms with Crippen molar-refractivity contribution in [3.05, 3.63) is 53.1 Å². The topological polar surface area (TPSA) is 171 Å². The van der Waals surface area contributed by atoms with E-state index >= 15 is 8.78 Å². The average molecular weight is 658 g/mol. The number of halogens is 2.